The number of ether oxygens (including phenoxy) is 2. The van der Waals surface area contributed by atoms with E-state index in [1.54, 1.807) is 7.11 Å². The zero-order valence-corrected chi connectivity index (χ0v) is 16.3. The van der Waals surface area contributed by atoms with Crippen LogP contribution < -0.4 is 10.1 Å². The Morgan fingerprint density at radius 3 is 2.59 bits per heavy atom. The maximum atomic E-state index is 12.5. The number of hydrogen-bond acceptors (Lipinski definition) is 5. The Morgan fingerprint density at radius 2 is 1.89 bits per heavy atom. The molecule has 1 amide bonds. The second-order valence-electron chi connectivity index (χ2n) is 7.51. The van der Waals surface area contributed by atoms with E-state index in [1.807, 2.05) is 24.3 Å². The number of benzene rings is 1. The molecule has 6 heteroatoms. The van der Waals surface area contributed by atoms with Crippen LogP contribution in [0.25, 0.3) is 0 Å². The lowest BCUT2D eigenvalue weighted by atomic mass is 9.85. The Bertz CT molecular complexity index is 646. The van der Waals surface area contributed by atoms with Gasteiger partial charge in [-0.2, -0.15) is 0 Å². The number of carbonyl (C=O) groups is 2. The van der Waals surface area contributed by atoms with E-state index in [0.717, 1.165) is 37.0 Å². The van der Waals surface area contributed by atoms with Crippen LogP contribution in [-0.4, -0.2) is 56.2 Å². The molecule has 0 radical (unpaired) electrons. The molecular formula is C21H30N2O4. The third-order valence-corrected chi connectivity index (χ3v) is 5.92. The van der Waals surface area contributed by atoms with Gasteiger partial charge in [0.05, 0.1) is 20.8 Å². The fraction of sp³-hybridized carbons (Fsp3) is 0.619. The van der Waals surface area contributed by atoms with Crippen molar-refractivity contribution in [1.29, 1.82) is 0 Å². The number of amides is 1. The van der Waals surface area contributed by atoms with Crippen LogP contribution in [-0.2, 0) is 20.7 Å². The highest BCUT2D eigenvalue weighted by molar-refractivity contribution is 5.81. The normalized spacial score (nSPS) is 24.9. The molecule has 2 aliphatic rings. The average molecular weight is 374 g/mol. The molecule has 1 aliphatic carbocycles. The number of rotatable bonds is 7. The van der Waals surface area contributed by atoms with Crippen LogP contribution in [0.3, 0.4) is 0 Å². The van der Waals surface area contributed by atoms with Gasteiger partial charge in [0.1, 0.15) is 11.8 Å². The van der Waals surface area contributed by atoms with Crippen molar-refractivity contribution >= 4 is 11.9 Å². The van der Waals surface area contributed by atoms with Crippen molar-refractivity contribution in [2.45, 2.75) is 50.6 Å². The van der Waals surface area contributed by atoms with Gasteiger partial charge in [0.2, 0.25) is 5.91 Å². The number of hydrogen-bond donors (Lipinski definition) is 1. The molecule has 1 aliphatic heterocycles. The van der Waals surface area contributed by atoms with Crippen LogP contribution in [0.1, 0.15) is 37.7 Å². The lowest BCUT2D eigenvalue weighted by Gasteiger charge is -2.32. The molecule has 0 unspecified atom stereocenters. The van der Waals surface area contributed by atoms with Crippen LogP contribution in [0, 0.1) is 5.92 Å². The van der Waals surface area contributed by atoms with Crippen LogP contribution >= 0.6 is 0 Å². The Hall–Kier alpha value is -2.08. The molecule has 1 N–H and O–H groups in total. The Kier molecular flexibility index (Phi) is 6.72. The quantitative estimate of drug-likeness (QED) is 0.741. The Labute approximate surface area is 161 Å². The highest BCUT2D eigenvalue weighted by atomic mass is 16.5. The Balaban J connectivity index is 1.52. The number of likely N-dealkylation sites (tertiary alicyclic amines) is 1. The van der Waals surface area contributed by atoms with Crippen molar-refractivity contribution < 1.29 is 19.1 Å². The SMILES string of the molecule is COC(=O)[C@@H]1C[C@@H]2CCCC[C@@H]2N1CC(=O)NCCc1ccc(OC)cc1. The standard InChI is InChI=1S/C21H30N2O4/c1-26-17-9-7-15(8-10-17)11-12-22-20(24)14-23-18-6-4-3-5-16(18)13-19(23)21(25)27-2/h7-10,16,18-19H,3-6,11-14H2,1-2H3,(H,22,24)/t16-,18-,19-/m0/s1. The number of esters is 1. The predicted molar refractivity (Wildman–Crippen MR) is 103 cm³/mol. The average Bonchev–Trinajstić information content (AvgIpc) is 3.06. The van der Waals surface area contributed by atoms with Crippen molar-refractivity contribution in [2.75, 3.05) is 27.3 Å². The number of nitrogens with one attached hydrogen (secondary N) is 1. The third-order valence-electron chi connectivity index (χ3n) is 5.92. The summed E-state index contributed by atoms with van der Waals surface area (Å²) < 4.78 is 10.1. The van der Waals surface area contributed by atoms with Gasteiger partial charge >= 0.3 is 5.97 Å². The summed E-state index contributed by atoms with van der Waals surface area (Å²) in [6.07, 6.45) is 6.19. The van der Waals surface area contributed by atoms with Crippen molar-refractivity contribution in [2.24, 2.45) is 5.92 Å². The molecule has 6 nitrogen and oxygen atoms in total. The first kappa shape index (κ1) is 19.7. The molecule has 0 spiro atoms. The van der Waals surface area contributed by atoms with E-state index >= 15 is 0 Å². The number of carbonyl (C=O) groups excluding carboxylic acids is 2. The minimum absolute atomic E-state index is 0.0244. The number of nitrogens with zero attached hydrogens (tertiary/aromatic N) is 1. The molecule has 2 fully saturated rings. The highest BCUT2D eigenvalue weighted by Gasteiger charge is 2.46. The van der Waals surface area contributed by atoms with E-state index in [1.165, 1.54) is 20.0 Å². The van der Waals surface area contributed by atoms with E-state index in [0.29, 0.717) is 18.5 Å². The summed E-state index contributed by atoms with van der Waals surface area (Å²) in [5, 5.41) is 3.00. The van der Waals surface area contributed by atoms with Crippen LogP contribution in [0.2, 0.25) is 0 Å². The smallest absolute Gasteiger partial charge is 0.323 e. The summed E-state index contributed by atoms with van der Waals surface area (Å²) in [6, 6.07) is 7.90. The Morgan fingerprint density at radius 1 is 1.15 bits per heavy atom. The molecular weight excluding hydrogens is 344 g/mol. The van der Waals surface area contributed by atoms with Crippen LogP contribution in [0.4, 0.5) is 0 Å². The second kappa shape index (κ2) is 9.22. The van der Waals surface area contributed by atoms with Gasteiger partial charge < -0.3 is 14.8 Å². The molecule has 0 bridgehead atoms. The van der Waals surface area contributed by atoms with Gasteiger partial charge in [0.25, 0.3) is 0 Å². The fourth-order valence-electron chi connectivity index (χ4n) is 4.51. The largest absolute Gasteiger partial charge is 0.497 e. The summed E-state index contributed by atoms with van der Waals surface area (Å²) >= 11 is 0. The molecule has 1 saturated heterocycles. The van der Waals surface area contributed by atoms with Gasteiger partial charge in [-0.05, 0) is 49.3 Å². The molecule has 0 aromatic heterocycles. The molecule has 1 aromatic carbocycles. The number of methoxy groups -OCH3 is 2. The van der Waals surface area contributed by atoms with Crippen molar-refractivity contribution in [3.05, 3.63) is 29.8 Å². The minimum atomic E-state index is -0.282. The van der Waals surface area contributed by atoms with Crippen LogP contribution in [0.5, 0.6) is 5.75 Å². The molecule has 3 rings (SSSR count). The van der Waals surface area contributed by atoms with E-state index in [9.17, 15) is 9.59 Å². The number of fused-ring (bicyclic) bond motifs is 1. The maximum absolute atomic E-state index is 12.5. The first-order chi connectivity index (χ1) is 13.1. The van der Waals surface area contributed by atoms with E-state index in [2.05, 4.69) is 10.2 Å². The minimum Gasteiger partial charge on any atom is -0.497 e. The summed E-state index contributed by atoms with van der Waals surface area (Å²) in [6.45, 7) is 0.847. The van der Waals surface area contributed by atoms with Gasteiger partial charge in [-0.15, -0.1) is 0 Å². The zero-order chi connectivity index (χ0) is 19.2. The zero-order valence-electron chi connectivity index (χ0n) is 16.3. The van der Waals surface area contributed by atoms with Gasteiger partial charge in [0.15, 0.2) is 0 Å². The van der Waals surface area contributed by atoms with Gasteiger partial charge in [0, 0.05) is 12.6 Å². The summed E-state index contributed by atoms with van der Waals surface area (Å²) in [7, 11) is 3.07. The first-order valence-corrected chi connectivity index (χ1v) is 9.85. The molecule has 3 atom stereocenters. The summed E-state index contributed by atoms with van der Waals surface area (Å²) in [5.74, 6) is 1.10. The monoisotopic (exact) mass is 374 g/mol. The van der Waals surface area contributed by atoms with Crippen molar-refractivity contribution in [3.8, 4) is 5.75 Å². The first-order valence-electron chi connectivity index (χ1n) is 9.85. The van der Waals surface area contributed by atoms with Gasteiger partial charge in [-0.1, -0.05) is 25.0 Å². The van der Waals surface area contributed by atoms with E-state index in [4.69, 9.17) is 9.47 Å². The van der Waals surface area contributed by atoms with E-state index < -0.39 is 0 Å². The van der Waals surface area contributed by atoms with Gasteiger partial charge in [-0.3, -0.25) is 14.5 Å². The molecule has 1 saturated carbocycles. The summed E-state index contributed by atoms with van der Waals surface area (Å²) in [5.41, 5.74) is 1.15. The third kappa shape index (κ3) is 4.80. The molecule has 1 aromatic rings. The van der Waals surface area contributed by atoms with Gasteiger partial charge in [-0.25, -0.2) is 0 Å². The lowest BCUT2D eigenvalue weighted by molar-refractivity contribution is -0.146. The maximum Gasteiger partial charge on any atom is 0.323 e. The van der Waals surface area contributed by atoms with Crippen LogP contribution in [0.15, 0.2) is 24.3 Å². The van der Waals surface area contributed by atoms with Crippen molar-refractivity contribution in [1.82, 2.24) is 10.2 Å². The molecule has 148 valence electrons. The molecule has 27 heavy (non-hydrogen) atoms. The highest BCUT2D eigenvalue weighted by Crippen LogP contribution is 2.39. The fourth-order valence-corrected chi connectivity index (χ4v) is 4.51. The topological polar surface area (TPSA) is 67.9 Å². The summed E-state index contributed by atoms with van der Waals surface area (Å²) in [4.78, 5) is 26.8. The van der Waals surface area contributed by atoms with E-state index in [-0.39, 0.29) is 24.5 Å². The molecule has 1 heterocycles. The lowest BCUT2D eigenvalue weighted by Crippen LogP contribution is -2.48. The predicted octanol–water partition coefficient (Wildman–Crippen LogP) is 2.16. The second-order valence-corrected chi connectivity index (χ2v) is 7.51. The van der Waals surface area contributed by atoms with Crippen molar-refractivity contribution in [3.63, 3.8) is 0 Å².